The number of hydrogen-bond acceptors (Lipinski definition) is 3. The van der Waals surface area contributed by atoms with Gasteiger partial charge in [0, 0.05) is 31.9 Å². The molecule has 0 aliphatic carbocycles. The van der Waals surface area contributed by atoms with Crippen molar-refractivity contribution >= 4 is 5.91 Å². The Morgan fingerprint density at radius 1 is 1.35 bits per heavy atom. The van der Waals surface area contributed by atoms with E-state index < -0.39 is 0 Å². The fraction of sp³-hybridized carbons (Fsp3) is 0.625. The lowest BCUT2D eigenvalue weighted by molar-refractivity contribution is -0.132. The Morgan fingerprint density at radius 3 is 2.70 bits per heavy atom. The van der Waals surface area contributed by atoms with Crippen molar-refractivity contribution in [3.8, 4) is 0 Å². The number of aryl methyl sites for hydroxylation is 1. The van der Waals surface area contributed by atoms with Gasteiger partial charge in [-0.2, -0.15) is 0 Å². The molecule has 1 N–H and O–H groups in total. The predicted octanol–water partition coefficient (Wildman–Crippen LogP) is 1.86. The van der Waals surface area contributed by atoms with Crippen LogP contribution < -0.4 is 5.32 Å². The molecule has 2 heterocycles. The average Bonchev–Trinajstić information content (AvgIpc) is 2.52. The first-order valence-corrected chi connectivity index (χ1v) is 7.61. The first-order chi connectivity index (χ1) is 9.79. The summed E-state index contributed by atoms with van der Waals surface area (Å²) in [4.78, 5) is 18.2. The Morgan fingerprint density at radius 2 is 2.05 bits per heavy atom. The predicted molar refractivity (Wildman–Crippen MR) is 80.4 cm³/mol. The van der Waals surface area contributed by atoms with Crippen molar-refractivity contribution in [1.29, 1.82) is 0 Å². The zero-order valence-corrected chi connectivity index (χ0v) is 12.3. The second-order valence-electron chi connectivity index (χ2n) is 5.57. The normalized spacial score (nSPS) is 16.4. The lowest BCUT2D eigenvalue weighted by Gasteiger charge is -2.32. The van der Waals surface area contributed by atoms with Crippen molar-refractivity contribution in [1.82, 2.24) is 15.2 Å². The van der Waals surface area contributed by atoms with Gasteiger partial charge >= 0.3 is 0 Å². The summed E-state index contributed by atoms with van der Waals surface area (Å²) in [5, 5.41) is 3.20. The summed E-state index contributed by atoms with van der Waals surface area (Å²) in [5.74, 6) is 1.08. The highest BCUT2D eigenvalue weighted by molar-refractivity contribution is 5.76. The minimum Gasteiger partial charge on any atom is -0.343 e. The molecule has 0 radical (unpaired) electrons. The number of hydrogen-bond donors (Lipinski definition) is 1. The smallest absolute Gasteiger partial charge is 0.222 e. The third kappa shape index (κ3) is 4.60. The van der Waals surface area contributed by atoms with Gasteiger partial charge in [-0.1, -0.05) is 0 Å². The van der Waals surface area contributed by atoms with E-state index in [2.05, 4.69) is 10.3 Å². The number of nitrogens with one attached hydrogen (secondary N) is 1. The van der Waals surface area contributed by atoms with Crippen molar-refractivity contribution in [2.24, 2.45) is 5.92 Å². The Kier molecular flexibility index (Phi) is 5.99. The summed E-state index contributed by atoms with van der Waals surface area (Å²) < 4.78 is 0. The molecule has 0 unspecified atom stereocenters. The number of piperidine rings is 1. The molecule has 2 rings (SSSR count). The zero-order chi connectivity index (χ0) is 14.2. The Bertz CT molecular complexity index is 399. The molecule has 1 fully saturated rings. The van der Waals surface area contributed by atoms with Crippen LogP contribution in [0, 0.1) is 5.92 Å². The molecule has 110 valence electrons. The molecule has 20 heavy (non-hydrogen) atoms. The number of rotatable bonds is 6. The highest BCUT2D eigenvalue weighted by Gasteiger charge is 2.21. The van der Waals surface area contributed by atoms with E-state index >= 15 is 0 Å². The number of aromatic nitrogens is 1. The van der Waals surface area contributed by atoms with Crippen LogP contribution >= 0.6 is 0 Å². The second-order valence-corrected chi connectivity index (χ2v) is 5.57. The van der Waals surface area contributed by atoms with Crippen LogP contribution in [-0.4, -0.2) is 42.5 Å². The molecule has 0 atom stereocenters. The van der Waals surface area contributed by atoms with Gasteiger partial charge in [0.1, 0.15) is 0 Å². The summed E-state index contributed by atoms with van der Waals surface area (Å²) in [6.45, 7) is 2.95. The van der Waals surface area contributed by atoms with E-state index in [1.807, 2.05) is 24.1 Å². The van der Waals surface area contributed by atoms with Crippen molar-refractivity contribution in [2.45, 2.75) is 32.1 Å². The summed E-state index contributed by atoms with van der Waals surface area (Å²) in [5.41, 5.74) is 1.19. The van der Waals surface area contributed by atoms with Crippen LogP contribution in [0.15, 0.2) is 24.5 Å². The molecule has 0 aromatic carbocycles. The van der Waals surface area contributed by atoms with Gasteiger partial charge in [-0.25, -0.2) is 0 Å². The first kappa shape index (κ1) is 15.0. The molecule has 1 aliphatic rings. The molecular formula is C16H25N3O. The molecule has 1 aromatic rings. The van der Waals surface area contributed by atoms with Crippen LogP contribution in [0.25, 0.3) is 0 Å². The van der Waals surface area contributed by atoms with Crippen LogP contribution in [0.1, 0.15) is 31.2 Å². The fourth-order valence-electron chi connectivity index (χ4n) is 2.78. The van der Waals surface area contributed by atoms with Gasteiger partial charge in [-0.05, 0) is 62.9 Å². The number of pyridine rings is 1. The molecule has 0 bridgehead atoms. The Balaban J connectivity index is 1.69. The van der Waals surface area contributed by atoms with Crippen molar-refractivity contribution in [3.63, 3.8) is 0 Å². The summed E-state index contributed by atoms with van der Waals surface area (Å²) in [7, 11) is 2.00. The van der Waals surface area contributed by atoms with Crippen molar-refractivity contribution in [2.75, 3.05) is 26.7 Å². The Labute approximate surface area is 121 Å². The highest BCUT2D eigenvalue weighted by atomic mass is 16.2. The van der Waals surface area contributed by atoms with E-state index in [1.165, 1.54) is 12.0 Å². The standard InChI is InChI=1S/C16H25N3O/c1-17-9-4-15-7-12-19(13-8-15)16(20)3-2-14-5-10-18-11-6-14/h5-6,10-11,15,17H,2-4,7-9,12-13H2,1H3. The molecule has 4 nitrogen and oxygen atoms in total. The minimum absolute atomic E-state index is 0.300. The zero-order valence-electron chi connectivity index (χ0n) is 12.3. The number of carbonyl (C=O) groups excluding carboxylic acids is 1. The maximum Gasteiger partial charge on any atom is 0.222 e. The molecule has 1 saturated heterocycles. The number of nitrogens with zero attached hydrogens (tertiary/aromatic N) is 2. The molecule has 1 amide bonds. The van der Waals surface area contributed by atoms with E-state index in [1.54, 1.807) is 12.4 Å². The highest BCUT2D eigenvalue weighted by Crippen LogP contribution is 2.20. The lowest BCUT2D eigenvalue weighted by atomic mass is 9.93. The summed E-state index contributed by atoms with van der Waals surface area (Å²) >= 11 is 0. The fourth-order valence-corrected chi connectivity index (χ4v) is 2.78. The second kappa shape index (κ2) is 8.00. The van der Waals surface area contributed by atoms with Crippen LogP contribution in [0.5, 0.6) is 0 Å². The molecular weight excluding hydrogens is 250 g/mol. The molecule has 4 heteroatoms. The monoisotopic (exact) mass is 275 g/mol. The quantitative estimate of drug-likeness (QED) is 0.862. The van der Waals surface area contributed by atoms with E-state index in [4.69, 9.17) is 0 Å². The van der Waals surface area contributed by atoms with Crippen LogP contribution in [-0.2, 0) is 11.2 Å². The minimum atomic E-state index is 0.300. The van der Waals surface area contributed by atoms with E-state index in [0.717, 1.165) is 44.8 Å². The topological polar surface area (TPSA) is 45.2 Å². The maximum atomic E-state index is 12.2. The van der Waals surface area contributed by atoms with Gasteiger partial charge < -0.3 is 10.2 Å². The van der Waals surface area contributed by atoms with Crippen LogP contribution in [0.3, 0.4) is 0 Å². The largest absolute Gasteiger partial charge is 0.343 e. The molecule has 1 aliphatic heterocycles. The van der Waals surface area contributed by atoms with Gasteiger partial charge in [0.25, 0.3) is 0 Å². The van der Waals surface area contributed by atoms with E-state index in [-0.39, 0.29) is 0 Å². The van der Waals surface area contributed by atoms with Gasteiger partial charge in [0.05, 0.1) is 0 Å². The number of amides is 1. The number of likely N-dealkylation sites (tertiary alicyclic amines) is 1. The summed E-state index contributed by atoms with van der Waals surface area (Å²) in [6.07, 6.45) is 8.55. The van der Waals surface area contributed by atoms with Gasteiger partial charge in [-0.15, -0.1) is 0 Å². The molecule has 0 saturated carbocycles. The van der Waals surface area contributed by atoms with Gasteiger partial charge in [0.15, 0.2) is 0 Å². The van der Waals surface area contributed by atoms with Crippen LogP contribution in [0.2, 0.25) is 0 Å². The SMILES string of the molecule is CNCCC1CCN(C(=O)CCc2ccncc2)CC1. The van der Waals surface area contributed by atoms with Gasteiger partial charge in [0.2, 0.25) is 5.91 Å². The third-order valence-corrected chi connectivity index (χ3v) is 4.15. The van der Waals surface area contributed by atoms with Crippen molar-refractivity contribution < 1.29 is 4.79 Å². The third-order valence-electron chi connectivity index (χ3n) is 4.15. The molecule has 1 aromatic heterocycles. The van der Waals surface area contributed by atoms with Crippen LogP contribution in [0.4, 0.5) is 0 Å². The first-order valence-electron chi connectivity index (χ1n) is 7.61. The maximum absolute atomic E-state index is 12.2. The van der Waals surface area contributed by atoms with E-state index in [9.17, 15) is 4.79 Å². The number of carbonyl (C=O) groups is 1. The molecule has 0 spiro atoms. The van der Waals surface area contributed by atoms with Crippen molar-refractivity contribution in [3.05, 3.63) is 30.1 Å². The van der Waals surface area contributed by atoms with Gasteiger partial charge in [-0.3, -0.25) is 9.78 Å². The Hall–Kier alpha value is -1.42. The average molecular weight is 275 g/mol. The van der Waals surface area contributed by atoms with E-state index in [0.29, 0.717) is 12.3 Å². The lowest BCUT2D eigenvalue weighted by Crippen LogP contribution is -2.39. The summed E-state index contributed by atoms with van der Waals surface area (Å²) in [6, 6.07) is 3.97.